The number of hydrogen-bond acceptors (Lipinski definition) is 5. The molecule has 0 fully saturated rings. The van der Waals surface area contributed by atoms with Gasteiger partial charge < -0.3 is 25.5 Å². The summed E-state index contributed by atoms with van der Waals surface area (Å²) in [6, 6.07) is -2.83. The molecule has 25 heavy (non-hydrogen) atoms. The van der Waals surface area contributed by atoms with Crippen molar-refractivity contribution in [3.63, 3.8) is 0 Å². The lowest BCUT2D eigenvalue weighted by molar-refractivity contribution is -0.153. The predicted molar refractivity (Wildman–Crippen MR) is 84.8 cm³/mol. The number of carbonyl (C=O) groups excluding carboxylic acids is 2. The fourth-order valence-corrected chi connectivity index (χ4v) is 2.24. The van der Waals surface area contributed by atoms with E-state index in [2.05, 4.69) is 5.32 Å². The second-order valence-electron chi connectivity index (χ2n) is 5.52. The first-order valence-electron chi connectivity index (χ1n) is 7.84. The van der Waals surface area contributed by atoms with Crippen LogP contribution in [-0.2, 0) is 24.0 Å². The summed E-state index contributed by atoms with van der Waals surface area (Å²) in [5.41, 5.74) is 0. The van der Waals surface area contributed by atoms with Gasteiger partial charge in [-0.1, -0.05) is 13.3 Å². The minimum atomic E-state index is -1.42. The predicted octanol–water partition coefficient (Wildman–Crippen LogP) is -0.0875. The van der Waals surface area contributed by atoms with E-state index in [1.807, 2.05) is 6.92 Å². The number of nitrogens with one attached hydrogen (secondary N) is 1. The van der Waals surface area contributed by atoms with Crippen LogP contribution in [0.25, 0.3) is 0 Å². The Morgan fingerprint density at radius 2 is 1.64 bits per heavy atom. The van der Waals surface area contributed by atoms with Crippen LogP contribution < -0.4 is 5.32 Å². The number of unbranched alkanes of at least 4 members (excludes halogenated alkanes) is 1. The van der Waals surface area contributed by atoms with Gasteiger partial charge in [0.2, 0.25) is 11.8 Å². The summed E-state index contributed by atoms with van der Waals surface area (Å²) in [5, 5.41) is 29.2. The molecule has 0 saturated heterocycles. The monoisotopic (exact) mass is 360 g/mol. The average Bonchev–Trinajstić information content (AvgIpc) is 2.47. The number of hydrogen-bond donors (Lipinski definition) is 4. The summed E-state index contributed by atoms with van der Waals surface area (Å²) >= 11 is 0. The van der Waals surface area contributed by atoms with E-state index in [1.54, 1.807) is 0 Å². The lowest BCUT2D eigenvalue weighted by atomic mass is 10.1. The number of carboxylic acids is 3. The smallest absolute Gasteiger partial charge is 0.326 e. The van der Waals surface area contributed by atoms with Crippen LogP contribution in [-0.4, -0.2) is 68.6 Å². The summed E-state index contributed by atoms with van der Waals surface area (Å²) in [7, 11) is 0. The molecule has 0 radical (unpaired) electrons. The highest BCUT2D eigenvalue weighted by Gasteiger charge is 2.35. The summed E-state index contributed by atoms with van der Waals surface area (Å²) < 4.78 is 0. The first kappa shape index (κ1) is 22.4. The third kappa shape index (κ3) is 8.68. The molecule has 4 N–H and O–H groups in total. The van der Waals surface area contributed by atoms with Crippen LogP contribution in [0.4, 0.5) is 0 Å². The lowest BCUT2D eigenvalue weighted by Crippen LogP contribution is -2.54. The van der Waals surface area contributed by atoms with Crippen LogP contribution in [0.2, 0.25) is 0 Å². The minimum Gasteiger partial charge on any atom is -0.481 e. The molecule has 0 aliphatic rings. The van der Waals surface area contributed by atoms with Crippen molar-refractivity contribution in [1.29, 1.82) is 0 Å². The molecule has 0 heterocycles. The fraction of sp³-hybridized carbons (Fsp3) is 0.667. The molecule has 142 valence electrons. The zero-order valence-corrected chi connectivity index (χ0v) is 14.2. The van der Waals surface area contributed by atoms with Gasteiger partial charge in [0.1, 0.15) is 12.1 Å². The average molecular weight is 360 g/mol. The highest BCUT2D eigenvalue weighted by Crippen LogP contribution is 2.13. The summed E-state index contributed by atoms with van der Waals surface area (Å²) in [5.74, 6) is -5.42. The fourth-order valence-electron chi connectivity index (χ4n) is 2.24. The topological polar surface area (TPSA) is 161 Å². The van der Waals surface area contributed by atoms with Crippen molar-refractivity contribution < 1.29 is 39.3 Å². The molecule has 10 heteroatoms. The Hall–Kier alpha value is -2.65. The number of rotatable bonds is 12. The van der Waals surface area contributed by atoms with E-state index < -0.39 is 54.6 Å². The Labute approximate surface area is 144 Å². The van der Waals surface area contributed by atoms with E-state index in [0.29, 0.717) is 12.8 Å². The van der Waals surface area contributed by atoms with Crippen molar-refractivity contribution in [3.05, 3.63) is 0 Å². The van der Waals surface area contributed by atoms with E-state index in [9.17, 15) is 29.1 Å². The number of carboxylic acid groups (broad SMARTS) is 3. The van der Waals surface area contributed by atoms with Gasteiger partial charge in [0, 0.05) is 19.9 Å². The molecule has 2 atom stereocenters. The highest BCUT2D eigenvalue weighted by atomic mass is 16.4. The molecule has 0 aromatic heterocycles. The summed E-state index contributed by atoms with van der Waals surface area (Å²) in [6.07, 6.45) is -0.399. The Morgan fingerprint density at radius 3 is 2.04 bits per heavy atom. The summed E-state index contributed by atoms with van der Waals surface area (Å²) in [4.78, 5) is 58.0. The van der Waals surface area contributed by atoms with Crippen LogP contribution in [0, 0.1) is 0 Å². The molecule has 0 spiro atoms. The van der Waals surface area contributed by atoms with Gasteiger partial charge >= 0.3 is 17.9 Å². The third-order valence-electron chi connectivity index (χ3n) is 3.38. The van der Waals surface area contributed by atoms with Crippen molar-refractivity contribution in [2.75, 3.05) is 6.54 Å². The molecule has 0 saturated carbocycles. The number of aliphatic carboxylic acids is 3. The van der Waals surface area contributed by atoms with Gasteiger partial charge in [0.05, 0.1) is 6.42 Å². The quantitative estimate of drug-likeness (QED) is 0.375. The molecule has 10 nitrogen and oxygen atoms in total. The van der Waals surface area contributed by atoms with Crippen LogP contribution in [0.5, 0.6) is 0 Å². The second-order valence-corrected chi connectivity index (χ2v) is 5.52. The Kier molecular flexibility index (Phi) is 9.83. The second kappa shape index (κ2) is 11.0. The first-order valence-corrected chi connectivity index (χ1v) is 7.84. The van der Waals surface area contributed by atoms with Crippen molar-refractivity contribution in [3.8, 4) is 0 Å². The molecule has 0 rings (SSSR count). The maximum Gasteiger partial charge on any atom is 0.326 e. The Morgan fingerprint density at radius 1 is 1.04 bits per heavy atom. The van der Waals surface area contributed by atoms with Gasteiger partial charge in [0.15, 0.2) is 0 Å². The molecule has 0 aliphatic heterocycles. The molecule has 0 aromatic rings. The lowest BCUT2D eigenvalue weighted by Gasteiger charge is -2.32. The van der Waals surface area contributed by atoms with Crippen molar-refractivity contribution >= 4 is 29.7 Å². The van der Waals surface area contributed by atoms with E-state index in [0.717, 1.165) is 11.8 Å². The van der Waals surface area contributed by atoms with E-state index in [4.69, 9.17) is 10.2 Å². The van der Waals surface area contributed by atoms with Crippen LogP contribution in [0.1, 0.15) is 46.0 Å². The molecule has 0 bridgehead atoms. The van der Waals surface area contributed by atoms with Crippen molar-refractivity contribution in [1.82, 2.24) is 10.2 Å². The maximum atomic E-state index is 12.6. The van der Waals surface area contributed by atoms with Gasteiger partial charge in [-0.25, -0.2) is 4.79 Å². The van der Waals surface area contributed by atoms with Gasteiger partial charge in [-0.15, -0.1) is 0 Å². The maximum absolute atomic E-state index is 12.6. The molecular formula is C15H24N2O8. The van der Waals surface area contributed by atoms with Crippen molar-refractivity contribution in [2.45, 2.75) is 58.0 Å². The van der Waals surface area contributed by atoms with Gasteiger partial charge in [0.25, 0.3) is 0 Å². The Bertz CT molecular complexity index is 504. The number of carbonyl (C=O) groups is 5. The highest BCUT2D eigenvalue weighted by molar-refractivity contribution is 5.92. The number of nitrogens with zero attached hydrogens (tertiary/aromatic N) is 1. The minimum absolute atomic E-state index is 0.0155. The zero-order valence-electron chi connectivity index (χ0n) is 14.2. The zero-order chi connectivity index (χ0) is 19.6. The SMILES string of the molecule is CCCCN(C(=O)[C@H](CC(=O)O)NC(C)=O)[C@@H](CCC(=O)O)C(=O)O. The van der Waals surface area contributed by atoms with E-state index >= 15 is 0 Å². The molecule has 2 amide bonds. The van der Waals surface area contributed by atoms with E-state index in [1.165, 1.54) is 0 Å². The standard InChI is InChI=1S/C15H24N2O8/c1-3-4-7-17(11(15(24)25)5-6-12(19)20)14(23)10(8-13(21)22)16-9(2)18/h10-11H,3-8H2,1-2H3,(H,16,18)(H,19,20)(H,21,22)(H,24,25)/t10-,11-/m0/s1. The van der Waals surface area contributed by atoms with Gasteiger partial charge in [-0.2, -0.15) is 0 Å². The van der Waals surface area contributed by atoms with E-state index in [-0.39, 0.29) is 13.0 Å². The molecule has 0 aromatic carbocycles. The Balaban J connectivity index is 5.55. The normalized spacial score (nSPS) is 12.7. The van der Waals surface area contributed by atoms with Crippen molar-refractivity contribution in [2.24, 2.45) is 0 Å². The van der Waals surface area contributed by atoms with Gasteiger partial charge in [-0.05, 0) is 12.8 Å². The number of amides is 2. The third-order valence-corrected chi connectivity index (χ3v) is 3.38. The molecule has 0 unspecified atom stereocenters. The summed E-state index contributed by atoms with van der Waals surface area (Å²) in [6.45, 7) is 2.94. The van der Waals surface area contributed by atoms with Crippen LogP contribution in [0.15, 0.2) is 0 Å². The van der Waals surface area contributed by atoms with Gasteiger partial charge in [-0.3, -0.25) is 19.2 Å². The molecular weight excluding hydrogens is 336 g/mol. The molecule has 0 aliphatic carbocycles. The van der Waals surface area contributed by atoms with Crippen LogP contribution >= 0.6 is 0 Å². The van der Waals surface area contributed by atoms with Crippen LogP contribution in [0.3, 0.4) is 0 Å². The largest absolute Gasteiger partial charge is 0.481 e. The first-order chi connectivity index (χ1) is 11.6.